The first-order valence-corrected chi connectivity index (χ1v) is 9.33. The summed E-state index contributed by atoms with van der Waals surface area (Å²) in [6.07, 6.45) is 0. The van der Waals surface area contributed by atoms with E-state index in [1.807, 2.05) is 24.3 Å². The van der Waals surface area contributed by atoms with Crippen LogP contribution < -0.4 is 9.47 Å². The van der Waals surface area contributed by atoms with Gasteiger partial charge in [-0.05, 0) is 58.5 Å². The Morgan fingerprint density at radius 3 is 2.43 bits per heavy atom. The minimum Gasteiger partial charge on any atom is -0.497 e. The molecule has 0 aliphatic heterocycles. The lowest BCUT2D eigenvalue weighted by Gasteiger charge is -2.18. The van der Waals surface area contributed by atoms with Gasteiger partial charge < -0.3 is 9.47 Å². The lowest BCUT2D eigenvalue weighted by molar-refractivity contribution is 0.410. The third-order valence-corrected chi connectivity index (χ3v) is 6.01. The average Bonchev–Trinajstić information content (AvgIpc) is 2.54. The van der Waals surface area contributed by atoms with Crippen molar-refractivity contribution in [2.45, 2.75) is 11.4 Å². The van der Waals surface area contributed by atoms with Gasteiger partial charge in [-0.1, -0.05) is 12.1 Å². The van der Waals surface area contributed by atoms with Crippen molar-refractivity contribution in [3.63, 3.8) is 0 Å². The van der Waals surface area contributed by atoms with E-state index in [4.69, 9.17) is 9.47 Å². The lowest BCUT2D eigenvalue weighted by atomic mass is 10.2. The van der Waals surface area contributed by atoms with Crippen molar-refractivity contribution in [2.24, 2.45) is 0 Å². The third kappa shape index (κ3) is 4.15. The van der Waals surface area contributed by atoms with E-state index in [2.05, 4.69) is 22.6 Å². The molecule has 2 aromatic carbocycles. The summed E-state index contributed by atoms with van der Waals surface area (Å²) in [7, 11) is 1.13. The van der Waals surface area contributed by atoms with E-state index in [-0.39, 0.29) is 11.4 Å². The highest BCUT2D eigenvalue weighted by Crippen LogP contribution is 2.26. The summed E-state index contributed by atoms with van der Waals surface area (Å²) in [6.45, 7) is 0.266. The monoisotopic (exact) mass is 447 g/mol. The van der Waals surface area contributed by atoms with Gasteiger partial charge >= 0.3 is 0 Å². The van der Waals surface area contributed by atoms with Crippen LogP contribution in [-0.2, 0) is 16.6 Å². The fraction of sp³-hybridized carbons (Fsp3) is 0.250. The Kier molecular flexibility index (Phi) is 5.88. The zero-order valence-corrected chi connectivity index (χ0v) is 16.1. The van der Waals surface area contributed by atoms with E-state index in [1.54, 1.807) is 39.5 Å². The maximum Gasteiger partial charge on any atom is 0.243 e. The summed E-state index contributed by atoms with van der Waals surface area (Å²) in [6, 6.07) is 12.2. The zero-order valence-electron chi connectivity index (χ0n) is 13.1. The molecule has 0 saturated carbocycles. The van der Waals surface area contributed by atoms with Gasteiger partial charge in [-0.3, -0.25) is 0 Å². The Morgan fingerprint density at radius 1 is 1.09 bits per heavy atom. The second-order valence-corrected chi connectivity index (χ2v) is 8.12. The number of hydrogen-bond acceptors (Lipinski definition) is 4. The second kappa shape index (κ2) is 7.50. The largest absolute Gasteiger partial charge is 0.497 e. The molecule has 7 heteroatoms. The fourth-order valence-corrected chi connectivity index (χ4v) is 4.23. The first-order valence-electron chi connectivity index (χ1n) is 6.81. The summed E-state index contributed by atoms with van der Waals surface area (Å²) < 4.78 is 37.8. The minimum atomic E-state index is -3.57. The Bertz CT molecular complexity index is 792. The van der Waals surface area contributed by atoms with E-state index in [0.717, 1.165) is 9.13 Å². The van der Waals surface area contributed by atoms with E-state index < -0.39 is 10.0 Å². The summed E-state index contributed by atoms with van der Waals surface area (Å²) in [5.74, 6) is 1.35. The third-order valence-electron chi connectivity index (χ3n) is 3.37. The molecule has 0 spiro atoms. The van der Waals surface area contributed by atoms with Crippen molar-refractivity contribution in [1.29, 1.82) is 0 Å². The van der Waals surface area contributed by atoms with Crippen molar-refractivity contribution in [2.75, 3.05) is 21.3 Å². The van der Waals surface area contributed by atoms with Crippen LogP contribution in [0.5, 0.6) is 11.5 Å². The average molecular weight is 447 g/mol. The summed E-state index contributed by atoms with van der Waals surface area (Å²) in [4.78, 5) is 0.244. The topological polar surface area (TPSA) is 55.8 Å². The quantitative estimate of drug-likeness (QED) is 0.639. The Morgan fingerprint density at radius 2 is 1.83 bits per heavy atom. The number of halogens is 1. The molecule has 0 aliphatic rings. The van der Waals surface area contributed by atoms with E-state index in [1.165, 1.54) is 4.31 Å². The van der Waals surface area contributed by atoms with Gasteiger partial charge in [-0.25, -0.2) is 8.42 Å². The predicted octanol–water partition coefficient (Wildman–Crippen LogP) is 3.13. The number of benzene rings is 2. The van der Waals surface area contributed by atoms with Gasteiger partial charge in [-0.15, -0.1) is 0 Å². The van der Waals surface area contributed by atoms with Crippen molar-refractivity contribution in [3.05, 3.63) is 51.6 Å². The SMILES string of the molecule is COc1cccc(CN(C)S(=O)(=O)c2ccc(OC)c(I)c2)c1. The van der Waals surface area contributed by atoms with Crippen LogP contribution in [0.15, 0.2) is 47.4 Å². The first-order chi connectivity index (χ1) is 10.9. The van der Waals surface area contributed by atoms with Crippen LogP contribution in [0.2, 0.25) is 0 Å². The van der Waals surface area contributed by atoms with Crippen LogP contribution >= 0.6 is 22.6 Å². The molecule has 0 atom stereocenters. The predicted molar refractivity (Wildman–Crippen MR) is 97.4 cm³/mol. The number of sulfonamides is 1. The maximum absolute atomic E-state index is 12.7. The van der Waals surface area contributed by atoms with Crippen LogP contribution in [0.3, 0.4) is 0 Å². The molecule has 0 radical (unpaired) electrons. The Balaban J connectivity index is 2.26. The summed E-state index contributed by atoms with van der Waals surface area (Å²) in [5, 5.41) is 0. The zero-order chi connectivity index (χ0) is 17.0. The Labute approximate surface area is 150 Å². The van der Waals surface area contributed by atoms with Gasteiger partial charge in [0.05, 0.1) is 22.7 Å². The molecule has 0 aliphatic carbocycles. The van der Waals surface area contributed by atoms with Crippen molar-refractivity contribution in [3.8, 4) is 11.5 Å². The number of rotatable bonds is 6. The first kappa shape index (κ1) is 18.0. The van der Waals surface area contributed by atoms with Gasteiger partial charge in [0.15, 0.2) is 0 Å². The molecule has 0 bridgehead atoms. The van der Waals surface area contributed by atoms with Crippen molar-refractivity contribution in [1.82, 2.24) is 4.31 Å². The lowest BCUT2D eigenvalue weighted by Crippen LogP contribution is -2.26. The highest BCUT2D eigenvalue weighted by molar-refractivity contribution is 14.1. The maximum atomic E-state index is 12.7. The van der Waals surface area contributed by atoms with Crippen LogP contribution in [0, 0.1) is 3.57 Å². The number of nitrogens with zero attached hydrogens (tertiary/aromatic N) is 1. The van der Waals surface area contributed by atoms with E-state index in [0.29, 0.717) is 11.5 Å². The summed E-state index contributed by atoms with van der Waals surface area (Å²) in [5.41, 5.74) is 0.860. The number of hydrogen-bond donors (Lipinski definition) is 0. The van der Waals surface area contributed by atoms with Crippen molar-refractivity contribution < 1.29 is 17.9 Å². The van der Waals surface area contributed by atoms with Crippen LogP contribution in [0.4, 0.5) is 0 Å². The van der Waals surface area contributed by atoms with Gasteiger partial charge in [-0.2, -0.15) is 4.31 Å². The molecule has 124 valence electrons. The summed E-state index contributed by atoms with van der Waals surface area (Å²) >= 11 is 2.06. The van der Waals surface area contributed by atoms with Gasteiger partial charge in [0.2, 0.25) is 10.0 Å². The molecule has 0 N–H and O–H groups in total. The van der Waals surface area contributed by atoms with Crippen LogP contribution in [0.25, 0.3) is 0 Å². The molecule has 2 aromatic rings. The highest BCUT2D eigenvalue weighted by Gasteiger charge is 2.22. The van der Waals surface area contributed by atoms with Gasteiger partial charge in [0, 0.05) is 13.6 Å². The standard InChI is InChI=1S/C16H18INO4S/c1-18(11-12-5-4-6-13(9-12)21-2)23(19,20)14-7-8-16(22-3)15(17)10-14/h4-10H,11H2,1-3H3. The molecule has 0 aromatic heterocycles. The molecular formula is C16H18INO4S. The minimum absolute atomic E-state index is 0.244. The molecule has 2 rings (SSSR count). The normalized spacial score (nSPS) is 11.5. The second-order valence-electron chi connectivity index (χ2n) is 4.91. The molecule has 5 nitrogen and oxygen atoms in total. The smallest absolute Gasteiger partial charge is 0.243 e. The molecular weight excluding hydrogens is 429 g/mol. The van der Waals surface area contributed by atoms with E-state index in [9.17, 15) is 8.42 Å². The number of methoxy groups -OCH3 is 2. The van der Waals surface area contributed by atoms with Crippen LogP contribution in [0.1, 0.15) is 5.56 Å². The van der Waals surface area contributed by atoms with Crippen LogP contribution in [-0.4, -0.2) is 34.0 Å². The van der Waals surface area contributed by atoms with Crippen molar-refractivity contribution >= 4 is 32.6 Å². The van der Waals surface area contributed by atoms with Gasteiger partial charge in [0.1, 0.15) is 11.5 Å². The molecule has 0 unspecified atom stereocenters. The van der Waals surface area contributed by atoms with E-state index >= 15 is 0 Å². The molecule has 0 heterocycles. The Hall–Kier alpha value is -1.32. The number of ether oxygens (including phenoxy) is 2. The van der Waals surface area contributed by atoms with Gasteiger partial charge in [0.25, 0.3) is 0 Å². The molecule has 23 heavy (non-hydrogen) atoms. The highest BCUT2D eigenvalue weighted by atomic mass is 127. The fourth-order valence-electron chi connectivity index (χ4n) is 2.10. The molecule has 0 amide bonds. The molecule has 0 saturated heterocycles. The molecule has 0 fully saturated rings.